The molecule has 0 aromatic heterocycles. The molecular formula is C34H18B2O4. The van der Waals surface area contributed by atoms with Crippen LogP contribution >= 0.6 is 0 Å². The van der Waals surface area contributed by atoms with E-state index in [0.29, 0.717) is 0 Å². The molecule has 4 aliphatic heterocycles. The number of hydrogen-bond donors (Lipinski definition) is 0. The lowest BCUT2D eigenvalue weighted by molar-refractivity contribution is 0.463. The minimum atomic E-state index is 0.0342. The van der Waals surface area contributed by atoms with Crippen molar-refractivity contribution in [1.29, 1.82) is 0 Å². The Kier molecular flexibility index (Phi) is 3.80. The fourth-order valence-electron chi connectivity index (χ4n) is 7.00. The molecule has 40 heavy (non-hydrogen) atoms. The number of para-hydroxylation sites is 2. The number of rotatable bonds is 0. The van der Waals surface area contributed by atoms with E-state index in [9.17, 15) is 0 Å². The minimum absolute atomic E-state index is 0.0342. The number of ether oxygens (including phenoxy) is 4. The number of benzene rings is 6. The van der Waals surface area contributed by atoms with E-state index < -0.39 is 0 Å². The van der Waals surface area contributed by atoms with Crippen LogP contribution in [0.3, 0.4) is 0 Å². The normalized spacial score (nSPS) is 14.2. The van der Waals surface area contributed by atoms with Crippen LogP contribution in [-0.4, -0.2) is 13.4 Å². The number of fused-ring (bicyclic) bond motifs is 9. The zero-order valence-corrected chi connectivity index (χ0v) is 21.2. The molecule has 6 aromatic rings. The fraction of sp³-hybridized carbons (Fsp3) is 0. The summed E-state index contributed by atoms with van der Waals surface area (Å²) < 4.78 is 25.7. The van der Waals surface area contributed by atoms with Gasteiger partial charge in [0.25, 0.3) is 13.4 Å². The second kappa shape index (κ2) is 7.30. The second-order valence-electron chi connectivity index (χ2n) is 10.8. The molecule has 0 unspecified atom stereocenters. The predicted octanol–water partition coefficient (Wildman–Crippen LogP) is 4.30. The van der Waals surface area contributed by atoms with E-state index in [4.69, 9.17) is 18.9 Å². The third-order valence-corrected chi connectivity index (χ3v) is 8.69. The molecule has 6 heteroatoms. The van der Waals surface area contributed by atoms with Gasteiger partial charge in [-0.3, -0.25) is 0 Å². The van der Waals surface area contributed by atoms with Crippen molar-refractivity contribution in [2.45, 2.75) is 0 Å². The average Bonchev–Trinajstić information content (AvgIpc) is 2.99. The molecule has 6 aromatic carbocycles. The molecule has 0 amide bonds. The Morgan fingerprint density at radius 2 is 0.700 bits per heavy atom. The number of hydrogen-bond acceptors (Lipinski definition) is 4. The molecule has 4 nitrogen and oxygen atoms in total. The Morgan fingerprint density at radius 1 is 0.325 bits per heavy atom. The molecule has 0 radical (unpaired) electrons. The van der Waals surface area contributed by atoms with Crippen LogP contribution in [0.15, 0.2) is 109 Å². The van der Waals surface area contributed by atoms with Crippen LogP contribution in [0.1, 0.15) is 0 Å². The Balaban J connectivity index is 1.21. The lowest BCUT2D eigenvalue weighted by Crippen LogP contribution is -2.57. The van der Waals surface area contributed by atoms with Crippen molar-refractivity contribution in [3.05, 3.63) is 109 Å². The Bertz CT molecular complexity index is 1950. The molecule has 0 bridgehead atoms. The maximum Gasteiger partial charge on any atom is 0.260 e. The van der Waals surface area contributed by atoms with E-state index in [-0.39, 0.29) is 13.4 Å². The first-order valence-electron chi connectivity index (χ1n) is 13.6. The molecular weight excluding hydrogens is 494 g/mol. The van der Waals surface area contributed by atoms with Crippen molar-refractivity contribution >= 4 is 57.0 Å². The van der Waals surface area contributed by atoms with E-state index in [0.717, 1.165) is 89.5 Å². The fourth-order valence-corrected chi connectivity index (χ4v) is 7.00. The lowest BCUT2D eigenvalue weighted by atomic mass is 9.34. The molecule has 4 aliphatic rings. The molecule has 4 heterocycles. The van der Waals surface area contributed by atoms with Crippen molar-refractivity contribution in [2.24, 2.45) is 0 Å². The van der Waals surface area contributed by atoms with Gasteiger partial charge in [-0.25, -0.2) is 0 Å². The topological polar surface area (TPSA) is 36.9 Å². The first-order valence-corrected chi connectivity index (χ1v) is 13.6. The van der Waals surface area contributed by atoms with Crippen LogP contribution in [0, 0.1) is 0 Å². The molecule has 0 N–H and O–H groups in total. The van der Waals surface area contributed by atoms with Crippen LogP contribution < -0.4 is 51.7 Å². The van der Waals surface area contributed by atoms with Crippen molar-refractivity contribution in [1.82, 2.24) is 0 Å². The highest BCUT2D eigenvalue weighted by atomic mass is 16.5. The summed E-state index contributed by atoms with van der Waals surface area (Å²) in [5, 5.41) is 2.23. The third-order valence-electron chi connectivity index (χ3n) is 8.69. The molecule has 10 rings (SSSR count). The van der Waals surface area contributed by atoms with Crippen molar-refractivity contribution in [2.75, 3.05) is 0 Å². The zero-order valence-electron chi connectivity index (χ0n) is 21.2. The first kappa shape index (κ1) is 20.8. The highest BCUT2D eigenvalue weighted by Gasteiger charge is 2.42. The van der Waals surface area contributed by atoms with Gasteiger partial charge in [0.2, 0.25) is 0 Å². The van der Waals surface area contributed by atoms with Gasteiger partial charge in [-0.1, -0.05) is 60.7 Å². The third kappa shape index (κ3) is 2.63. The van der Waals surface area contributed by atoms with Crippen LogP contribution in [0.2, 0.25) is 0 Å². The summed E-state index contributed by atoms with van der Waals surface area (Å²) in [6.45, 7) is 0.0683. The monoisotopic (exact) mass is 512 g/mol. The van der Waals surface area contributed by atoms with Gasteiger partial charge in [-0.2, -0.15) is 0 Å². The van der Waals surface area contributed by atoms with Crippen molar-refractivity contribution in [3.63, 3.8) is 0 Å². The van der Waals surface area contributed by atoms with Crippen LogP contribution in [0.4, 0.5) is 0 Å². The smallest absolute Gasteiger partial charge is 0.260 e. The molecule has 0 saturated heterocycles. The van der Waals surface area contributed by atoms with Gasteiger partial charge in [-0.15, -0.1) is 0 Å². The van der Waals surface area contributed by atoms with E-state index >= 15 is 0 Å². The molecule has 0 saturated carbocycles. The largest absolute Gasteiger partial charge is 0.458 e. The molecule has 0 fully saturated rings. The van der Waals surface area contributed by atoms with Crippen LogP contribution in [-0.2, 0) is 0 Å². The van der Waals surface area contributed by atoms with E-state index in [2.05, 4.69) is 48.5 Å². The summed E-state index contributed by atoms with van der Waals surface area (Å²) in [7, 11) is 0. The minimum Gasteiger partial charge on any atom is -0.458 e. The summed E-state index contributed by atoms with van der Waals surface area (Å²) in [5.41, 5.74) is 6.75. The van der Waals surface area contributed by atoms with E-state index in [1.807, 2.05) is 60.7 Å². The predicted molar refractivity (Wildman–Crippen MR) is 159 cm³/mol. The van der Waals surface area contributed by atoms with E-state index in [1.54, 1.807) is 0 Å². The second-order valence-corrected chi connectivity index (χ2v) is 10.8. The quantitative estimate of drug-likeness (QED) is 0.284. The van der Waals surface area contributed by atoms with Gasteiger partial charge in [-0.05, 0) is 81.2 Å². The highest BCUT2D eigenvalue weighted by molar-refractivity contribution is 6.99. The summed E-state index contributed by atoms with van der Waals surface area (Å²) in [6, 6.07) is 37.6. The average molecular weight is 512 g/mol. The summed E-state index contributed by atoms with van der Waals surface area (Å²) in [6.07, 6.45) is 0. The van der Waals surface area contributed by atoms with E-state index in [1.165, 1.54) is 0 Å². The summed E-state index contributed by atoms with van der Waals surface area (Å²) >= 11 is 0. The van der Waals surface area contributed by atoms with Crippen LogP contribution in [0.5, 0.6) is 46.0 Å². The molecule has 0 atom stereocenters. The first-order chi connectivity index (χ1) is 19.8. The SMILES string of the molecule is c1ccc2c(c1)Oc1cccc3c1B2c1cc2cc4c(cc2cc1O3)B1c2ccccc2Oc2cccc(c21)O4. The molecule has 0 aliphatic carbocycles. The highest BCUT2D eigenvalue weighted by Crippen LogP contribution is 2.38. The van der Waals surface area contributed by atoms with Gasteiger partial charge in [0.1, 0.15) is 46.0 Å². The van der Waals surface area contributed by atoms with Gasteiger partial charge in [0, 0.05) is 10.9 Å². The standard InChI is InChI=1S/C34H18B2O4/c1-3-9-25-21(7-1)35-23-15-19-18-32-24(16-20(19)17-31(23)39-29-13-5-11-27(37-25)33(29)35)36-22-8-2-4-10-26(22)38-28-12-6-14-30(40-32)34(28)36/h1-18H. The van der Waals surface area contributed by atoms with Gasteiger partial charge >= 0.3 is 0 Å². The van der Waals surface area contributed by atoms with Crippen LogP contribution in [0.25, 0.3) is 10.8 Å². The van der Waals surface area contributed by atoms with Crippen molar-refractivity contribution < 1.29 is 18.9 Å². The Labute approximate surface area is 230 Å². The summed E-state index contributed by atoms with van der Waals surface area (Å²) in [4.78, 5) is 0. The Morgan fingerprint density at radius 3 is 1.15 bits per heavy atom. The lowest BCUT2D eigenvalue weighted by Gasteiger charge is -2.34. The maximum atomic E-state index is 6.56. The maximum absolute atomic E-state index is 6.56. The van der Waals surface area contributed by atoms with Gasteiger partial charge in [0.15, 0.2) is 0 Å². The zero-order chi connectivity index (χ0) is 25.9. The molecule has 0 spiro atoms. The van der Waals surface area contributed by atoms with Gasteiger partial charge < -0.3 is 18.9 Å². The Hall–Kier alpha value is -5.09. The molecule has 184 valence electrons. The van der Waals surface area contributed by atoms with Gasteiger partial charge in [0.05, 0.1) is 0 Å². The summed E-state index contributed by atoms with van der Waals surface area (Å²) in [5.74, 6) is 6.95. The van der Waals surface area contributed by atoms with Crippen molar-refractivity contribution in [3.8, 4) is 46.0 Å².